The SMILES string of the molecule is CCCCC/C=C\CC1OC1CCCCCCCC(=O)OC[C@@H](O)COC(=O)CCCCCCCCCCCCCC. The van der Waals surface area contributed by atoms with Crippen LogP contribution < -0.4 is 0 Å². The molecule has 1 rings (SSSR count). The Balaban J connectivity index is 1.83. The molecule has 246 valence electrons. The molecule has 0 spiro atoms. The Hall–Kier alpha value is -1.40. The number of allylic oxidation sites excluding steroid dienone is 1. The number of ether oxygens (including phenoxy) is 3. The van der Waals surface area contributed by atoms with Crippen LogP contribution in [0.5, 0.6) is 0 Å². The zero-order valence-electron chi connectivity index (χ0n) is 27.5. The first-order valence-electron chi connectivity index (χ1n) is 17.9. The van der Waals surface area contributed by atoms with E-state index in [0.717, 1.165) is 57.8 Å². The van der Waals surface area contributed by atoms with Gasteiger partial charge in [-0.1, -0.05) is 135 Å². The van der Waals surface area contributed by atoms with Crippen molar-refractivity contribution in [3.8, 4) is 0 Å². The second-order valence-electron chi connectivity index (χ2n) is 12.4. The highest BCUT2D eigenvalue weighted by Crippen LogP contribution is 2.30. The van der Waals surface area contributed by atoms with Gasteiger partial charge in [0.05, 0.1) is 12.2 Å². The van der Waals surface area contributed by atoms with Crippen molar-refractivity contribution >= 4 is 11.9 Å². The molecule has 42 heavy (non-hydrogen) atoms. The summed E-state index contributed by atoms with van der Waals surface area (Å²) in [5.74, 6) is -0.584. The van der Waals surface area contributed by atoms with E-state index >= 15 is 0 Å². The number of carbonyl (C=O) groups is 2. The number of esters is 2. The number of hydrogen-bond acceptors (Lipinski definition) is 6. The molecule has 0 bridgehead atoms. The first-order chi connectivity index (χ1) is 20.6. The van der Waals surface area contributed by atoms with Gasteiger partial charge in [-0.3, -0.25) is 9.59 Å². The maximum absolute atomic E-state index is 11.9. The van der Waals surface area contributed by atoms with Crippen LogP contribution in [0.1, 0.15) is 174 Å². The Morgan fingerprint density at radius 3 is 1.60 bits per heavy atom. The molecule has 1 aliphatic heterocycles. The summed E-state index contributed by atoms with van der Waals surface area (Å²) in [6.45, 7) is 4.24. The number of hydrogen-bond donors (Lipinski definition) is 1. The van der Waals surface area contributed by atoms with Gasteiger partial charge in [-0.25, -0.2) is 0 Å². The number of rotatable bonds is 31. The summed E-state index contributed by atoms with van der Waals surface area (Å²) in [7, 11) is 0. The van der Waals surface area contributed by atoms with Crippen molar-refractivity contribution in [2.45, 2.75) is 193 Å². The summed E-state index contributed by atoms with van der Waals surface area (Å²) >= 11 is 0. The minimum atomic E-state index is -0.968. The Morgan fingerprint density at radius 1 is 0.619 bits per heavy atom. The molecule has 1 aliphatic rings. The second kappa shape index (κ2) is 28.4. The Kier molecular flexibility index (Phi) is 26.1. The highest BCUT2D eigenvalue weighted by Gasteiger charge is 2.36. The van der Waals surface area contributed by atoms with Crippen LogP contribution in [0.4, 0.5) is 0 Å². The van der Waals surface area contributed by atoms with Gasteiger partial charge in [0.1, 0.15) is 19.3 Å². The summed E-state index contributed by atoms with van der Waals surface area (Å²) < 4.78 is 16.1. The van der Waals surface area contributed by atoms with E-state index in [1.165, 1.54) is 89.9 Å². The quantitative estimate of drug-likeness (QED) is 0.0372. The van der Waals surface area contributed by atoms with Crippen molar-refractivity contribution in [1.82, 2.24) is 0 Å². The Labute approximate surface area is 258 Å². The summed E-state index contributed by atoms with van der Waals surface area (Å²) in [5, 5.41) is 9.98. The average Bonchev–Trinajstić information content (AvgIpc) is 3.74. The van der Waals surface area contributed by atoms with Crippen LogP contribution in [0.2, 0.25) is 0 Å². The third kappa shape index (κ3) is 25.1. The van der Waals surface area contributed by atoms with Gasteiger partial charge >= 0.3 is 11.9 Å². The standard InChI is InChI=1S/C36H66O6/c1-3-5-7-9-11-12-13-14-15-16-20-24-28-35(38)40-30-32(37)31-41-36(39)29-25-21-17-19-23-27-34-33(42-34)26-22-18-10-8-6-4-2/h18,22,32-34,37H,3-17,19-21,23-31H2,1-2H3/b22-18-/t32-,33?,34?/m0/s1. The molecule has 6 nitrogen and oxygen atoms in total. The molecule has 3 atom stereocenters. The lowest BCUT2D eigenvalue weighted by atomic mass is 10.0. The molecule has 0 saturated carbocycles. The van der Waals surface area contributed by atoms with Crippen LogP contribution in [0, 0.1) is 0 Å². The van der Waals surface area contributed by atoms with E-state index in [-0.39, 0.29) is 25.2 Å². The maximum atomic E-state index is 11.9. The number of aliphatic hydroxyl groups is 1. The van der Waals surface area contributed by atoms with Crippen LogP contribution in [-0.4, -0.2) is 48.6 Å². The van der Waals surface area contributed by atoms with E-state index < -0.39 is 6.10 Å². The van der Waals surface area contributed by atoms with Gasteiger partial charge in [0.25, 0.3) is 0 Å². The van der Waals surface area contributed by atoms with Crippen molar-refractivity contribution in [3.63, 3.8) is 0 Å². The third-order valence-electron chi connectivity index (χ3n) is 8.17. The smallest absolute Gasteiger partial charge is 0.305 e. The van der Waals surface area contributed by atoms with Gasteiger partial charge in [-0.05, 0) is 38.5 Å². The van der Waals surface area contributed by atoms with Crippen LogP contribution in [0.25, 0.3) is 0 Å². The highest BCUT2D eigenvalue weighted by atomic mass is 16.6. The lowest BCUT2D eigenvalue weighted by Crippen LogP contribution is -2.25. The fourth-order valence-corrected chi connectivity index (χ4v) is 5.33. The predicted molar refractivity (Wildman–Crippen MR) is 172 cm³/mol. The first-order valence-corrected chi connectivity index (χ1v) is 17.9. The molecular formula is C36H66O6. The number of epoxide rings is 1. The van der Waals surface area contributed by atoms with Crippen molar-refractivity contribution < 1.29 is 28.9 Å². The van der Waals surface area contributed by atoms with Gasteiger partial charge < -0.3 is 19.3 Å². The zero-order valence-corrected chi connectivity index (χ0v) is 27.5. The van der Waals surface area contributed by atoms with Crippen molar-refractivity contribution in [3.05, 3.63) is 12.2 Å². The third-order valence-corrected chi connectivity index (χ3v) is 8.17. The van der Waals surface area contributed by atoms with Crippen molar-refractivity contribution in [1.29, 1.82) is 0 Å². The molecule has 0 amide bonds. The average molecular weight is 595 g/mol. The van der Waals surface area contributed by atoms with E-state index in [1.54, 1.807) is 0 Å². The van der Waals surface area contributed by atoms with Crippen LogP contribution in [-0.2, 0) is 23.8 Å². The fraction of sp³-hybridized carbons (Fsp3) is 0.889. The fourth-order valence-electron chi connectivity index (χ4n) is 5.33. The van der Waals surface area contributed by atoms with Crippen molar-refractivity contribution in [2.75, 3.05) is 13.2 Å². The van der Waals surface area contributed by atoms with Gasteiger partial charge in [0.2, 0.25) is 0 Å². The second-order valence-corrected chi connectivity index (χ2v) is 12.4. The minimum Gasteiger partial charge on any atom is -0.463 e. The number of aliphatic hydroxyl groups excluding tert-OH is 1. The summed E-state index contributed by atoms with van der Waals surface area (Å²) in [4.78, 5) is 23.8. The van der Waals surface area contributed by atoms with Crippen LogP contribution >= 0.6 is 0 Å². The van der Waals surface area contributed by atoms with E-state index in [9.17, 15) is 14.7 Å². The van der Waals surface area contributed by atoms with E-state index in [4.69, 9.17) is 14.2 Å². The molecule has 1 fully saturated rings. The molecule has 0 aromatic heterocycles. The first kappa shape index (κ1) is 38.6. The molecule has 0 aromatic rings. The lowest BCUT2D eigenvalue weighted by molar-refractivity contribution is -0.152. The Morgan fingerprint density at radius 2 is 1.07 bits per heavy atom. The molecule has 1 heterocycles. The lowest BCUT2D eigenvalue weighted by Gasteiger charge is -2.12. The van der Waals surface area contributed by atoms with Gasteiger partial charge in [-0.15, -0.1) is 0 Å². The molecule has 0 radical (unpaired) electrons. The largest absolute Gasteiger partial charge is 0.463 e. The molecule has 0 aliphatic carbocycles. The van der Waals surface area contributed by atoms with Gasteiger partial charge in [-0.2, -0.15) is 0 Å². The number of carbonyl (C=O) groups excluding carboxylic acids is 2. The van der Waals surface area contributed by atoms with Gasteiger partial charge in [0, 0.05) is 12.8 Å². The summed E-state index contributed by atoms with van der Waals surface area (Å²) in [6, 6.07) is 0. The minimum absolute atomic E-state index is 0.120. The maximum Gasteiger partial charge on any atom is 0.305 e. The summed E-state index contributed by atoms with van der Waals surface area (Å²) in [6.07, 6.45) is 32.8. The van der Waals surface area contributed by atoms with Crippen LogP contribution in [0.15, 0.2) is 12.2 Å². The molecule has 1 saturated heterocycles. The Bertz CT molecular complexity index is 663. The normalized spacial score (nSPS) is 17.0. The van der Waals surface area contributed by atoms with Crippen molar-refractivity contribution in [2.24, 2.45) is 0 Å². The van der Waals surface area contributed by atoms with Gasteiger partial charge in [0.15, 0.2) is 0 Å². The molecule has 0 aromatic carbocycles. The molecule has 1 N–H and O–H groups in total. The van der Waals surface area contributed by atoms with E-state index in [1.807, 2.05) is 0 Å². The molecule has 6 heteroatoms. The molecular weight excluding hydrogens is 528 g/mol. The topological polar surface area (TPSA) is 85.4 Å². The molecule has 2 unspecified atom stereocenters. The monoisotopic (exact) mass is 594 g/mol. The predicted octanol–water partition coefficient (Wildman–Crippen LogP) is 9.55. The number of unbranched alkanes of at least 4 members (excludes halogenated alkanes) is 18. The van der Waals surface area contributed by atoms with E-state index in [2.05, 4.69) is 26.0 Å². The van der Waals surface area contributed by atoms with Crippen LogP contribution in [0.3, 0.4) is 0 Å². The highest BCUT2D eigenvalue weighted by molar-refractivity contribution is 5.69. The summed E-state index contributed by atoms with van der Waals surface area (Å²) in [5.41, 5.74) is 0. The zero-order chi connectivity index (χ0) is 30.5. The van der Waals surface area contributed by atoms with E-state index in [0.29, 0.717) is 25.0 Å².